The Morgan fingerprint density at radius 3 is 1.48 bits per heavy atom. The largest absolute Gasteiger partial charge is 0.384 e. The summed E-state index contributed by atoms with van der Waals surface area (Å²) in [6.07, 6.45) is 0. The molecule has 3 rings (SSSR count). The quantitative estimate of drug-likeness (QED) is 0.513. The molecule has 0 saturated heterocycles. The lowest BCUT2D eigenvalue weighted by Crippen LogP contribution is -2.31. The van der Waals surface area contributed by atoms with Gasteiger partial charge in [0.15, 0.2) is 11.6 Å². The maximum atomic E-state index is 12.9. The van der Waals surface area contributed by atoms with Crippen molar-refractivity contribution in [3.63, 3.8) is 0 Å². The van der Waals surface area contributed by atoms with Gasteiger partial charge in [-0.3, -0.25) is 9.59 Å². The van der Waals surface area contributed by atoms with E-state index >= 15 is 0 Å². The van der Waals surface area contributed by atoms with Crippen molar-refractivity contribution in [2.24, 2.45) is 5.92 Å². The summed E-state index contributed by atoms with van der Waals surface area (Å²) in [6.45, 7) is 0.255. The molecule has 3 heteroatoms. The van der Waals surface area contributed by atoms with E-state index in [0.29, 0.717) is 11.1 Å². The number of ketones is 2. The average molecular weight is 329 g/mol. The molecule has 0 unspecified atom stereocenters. The van der Waals surface area contributed by atoms with Crippen molar-refractivity contribution in [3.8, 4) is 0 Å². The lowest BCUT2D eigenvalue weighted by Gasteiger charge is -2.17. The zero-order valence-corrected chi connectivity index (χ0v) is 13.8. The highest BCUT2D eigenvalue weighted by Crippen LogP contribution is 2.17. The van der Waals surface area contributed by atoms with Crippen molar-refractivity contribution < 1.29 is 9.59 Å². The first kappa shape index (κ1) is 16.7. The molecule has 0 heterocycles. The normalized spacial score (nSPS) is 10.4. The van der Waals surface area contributed by atoms with Crippen molar-refractivity contribution in [3.05, 3.63) is 102 Å². The maximum Gasteiger partial charge on any atom is 0.175 e. The lowest BCUT2D eigenvalue weighted by atomic mass is 9.90. The summed E-state index contributed by atoms with van der Waals surface area (Å²) in [7, 11) is 0. The van der Waals surface area contributed by atoms with Crippen LogP contribution in [0.2, 0.25) is 0 Å². The van der Waals surface area contributed by atoms with Crippen LogP contribution in [0.25, 0.3) is 0 Å². The number of carbonyl (C=O) groups is 2. The Morgan fingerprint density at radius 1 is 0.640 bits per heavy atom. The number of carbonyl (C=O) groups excluding carboxylic acids is 2. The molecule has 1 N–H and O–H groups in total. The van der Waals surface area contributed by atoms with Crippen LogP contribution in [0.15, 0.2) is 91.0 Å². The fraction of sp³-hybridized carbons (Fsp3) is 0.0909. The Balaban J connectivity index is 1.85. The number of anilines is 1. The van der Waals surface area contributed by atoms with E-state index in [9.17, 15) is 9.59 Å². The Kier molecular flexibility index (Phi) is 5.37. The first-order valence-corrected chi connectivity index (χ1v) is 8.23. The second-order valence-electron chi connectivity index (χ2n) is 5.76. The zero-order chi connectivity index (χ0) is 17.5. The smallest absolute Gasteiger partial charge is 0.175 e. The Morgan fingerprint density at radius 2 is 1.04 bits per heavy atom. The maximum absolute atomic E-state index is 12.9. The second-order valence-corrected chi connectivity index (χ2v) is 5.76. The standard InChI is InChI=1S/C22H19NO2/c24-21(17-10-4-1-5-11-17)20(16-23-19-14-8-3-9-15-19)22(25)18-12-6-2-7-13-18/h1-15,20,23H,16H2. The molecule has 0 radical (unpaired) electrons. The van der Waals surface area contributed by atoms with E-state index in [1.165, 1.54) is 0 Å². The molecular formula is C22H19NO2. The van der Waals surface area contributed by atoms with E-state index in [1.54, 1.807) is 24.3 Å². The van der Waals surface area contributed by atoms with Crippen molar-refractivity contribution in [1.29, 1.82) is 0 Å². The van der Waals surface area contributed by atoms with Gasteiger partial charge in [0.25, 0.3) is 0 Å². The van der Waals surface area contributed by atoms with Crippen LogP contribution in [0, 0.1) is 5.92 Å². The van der Waals surface area contributed by atoms with E-state index in [0.717, 1.165) is 5.69 Å². The van der Waals surface area contributed by atoms with Crippen molar-refractivity contribution in [1.82, 2.24) is 0 Å². The molecule has 0 aromatic heterocycles. The van der Waals surface area contributed by atoms with Crippen LogP contribution in [-0.4, -0.2) is 18.1 Å². The summed E-state index contributed by atoms with van der Waals surface area (Å²) in [5.41, 5.74) is 1.98. The third-order valence-corrected chi connectivity index (χ3v) is 4.03. The Labute approximate surface area is 147 Å². The zero-order valence-electron chi connectivity index (χ0n) is 13.8. The monoisotopic (exact) mass is 329 g/mol. The first-order valence-electron chi connectivity index (χ1n) is 8.23. The summed E-state index contributed by atoms with van der Waals surface area (Å²) in [5, 5.41) is 3.20. The number of para-hydroxylation sites is 1. The van der Waals surface area contributed by atoms with Crippen molar-refractivity contribution in [2.75, 3.05) is 11.9 Å². The van der Waals surface area contributed by atoms with E-state index in [4.69, 9.17) is 0 Å². The molecule has 124 valence electrons. The molecule has 3 aromatic carbocycles. The minimum Gasteiger partial charge on any atom is -0.384 e. The van der Waals surface area contributed by atoms with Crippen molar-refractivity contribution >= 4 is 17.3 Å². The number of nitrogens with one attached hydrogen (secondary N) is 1. The highest BCUT2D eigenvalue weighted by atomic mass is 16.2. The van der Waals surface area contributed by atoms with Gasteiger partial charge in [0, 0.05) is 23.4 Å². The molecule has 0 atom stereocenters. The molecule has 3 nitrogen and oxygen atoms in total. The first-order chi connectivity index (χ1) is 12.3. The van der Waals surface area contributed by atoms with Gasteiger partial charge in [-0.2, -0.15) is 0 Å². The van der Waals surface area contributed by atoms with Gasteiger partial charge >= 0.3 is 0 Å². The van der Waals surface area contributed by atoms with Crippen LogP contribution in [0.5, 0.6) is 0 Å². The van der Waals surface area contributed by atoms with Crippen LogP contribution in [-0.2, 0) is 0 Å². The minimum absolute atomic E-state index is 0.169. The molecular weight excluding hydrogens is 310 g/mol. The molecule has 0 spiro atoms. The second kappa shape index (κ2) is 8.06. The number of hydrogen-bond donors (Lipinski definition) is 1. The summed E-state index contributed by atoms with van der Waals surface area (Å²) in [5.74, 6) is -1.11. The Bertz CT molecular complexity index is 778. The number of Topliss-reactive ketones (excluding diaryl/α,β-unsaturated/α-hetero) is 2. The van der Waals surface area contributed by atoms with E-state index in [1.807, 2.05) is 66.7 Å². The lowest BCUT2D eigenvalue weighted by molar-refractivity contribution is 0.0816. The highest BCUT2D eigenvalue weighted by Gasteiger charge is 2.28. The molecule has 0 fully saturated rings. The van der Waals surface area contributed by atoms with E-state index in [2.05, 4.69) is 5.32 Å². The number of rotatable bonds is 7. The summed E-state index contributed by atoms with van der Waals surface area (Å²) in [6, 6.07) is 27.5. The van der Waals surface area contributed by atoms with Gasteiger partial charge in [0.1, 0.15) is 5.92 Å². The predicted octanol–water partition coefficient (Wildman–Crippen LogP) is 4.48. The Hall–Kier alpha value is -3.20. The van der Waals surface area contributed by atoms with Gasteiger partial charge in [0.05, 0.1) is 0 Å². The summed E-state index contributed by atoms with van der Waals surface area (Å²) < 4.78 is 0. The van der Waals surface area contributed by atoms with Crippen LogP contribution >= 0.6 is 0 Å². The fourth-order valence-corrected chi connectivity index (χ4v) is 2.69. The van der Waals surface area contributed by atoms with E-state index < -0.39 is 5.92 Å². The minimum atomic E-state index is -0.773. The molecule has 0 amide bonds. The summed E-state index contributed by atoms with van der Waals surface area (Å²) >= 11 is 0. The number of benzene rings is 3. The van der Waals surface area contributed by atoms with Crippen LogP contribution in [0.4, 0.5) is 5.69 Å². The van der Waals surface area contributed by atoms with E-state index in [-0.39, 0.29) is 18.1 Å². The van der Waals surface area contributed by atoms with Crippen LogP contribution in [0.3, 0.4) is 0 Å². The number of hydrogen-bond acceptors (Lipinski definition) is 3. The van der Waals surface area contributed by atoms with Gasteiger partial charge in [0.2, 0.25) is 0 Å². The van der Waals surface area contributed by atoms with Gasteiger partial charge in [-0.15, -0.1) is 0 Å². The van der Waals surface area contributed by atoms with Gasteiger partial charge in [-0.1, -0.05) is 78.9 Å². The third-order valence-electron chi connectivity index (χ3n) is 4.03. The molecule has 25 heavy (non-hydrogen) atoms. The van der Waals surface area contributed by atoms with Crippen LogP contribution in [0.1, 0.15) is 20.7 Å². The predicted molar refractivity (Wildman–Crippen MR) is 100.0 cm³/mol. The SMILES string of the molecule is O=C(c1ccccc1)C(CNc1ccccc1)C(=O)c1ccccc1. The average Bonchev–Trinajstić information content (AvgIpc) is 2.70. The third kappa shape index (κ3) is 4.21. The molecule has 0 bridgehead atoms. The van der Waals surface area contributed by atoms with Gasteiger partial charge < -0.3 is 5.32 Å². The molecule has 3 aromatic rings. The van der Waals surface area contributed by atoms with Gasteiger partial charge in [-0.05, 0) is 12.1 Å². The molecule has 0 aliphatic rings. The fourth-order valence-electron chi connectivity index (χ4n) is 2.69. The summed E-state index contributed by atoms with van der Waals surface area (Å²) in [4.78, 5) is 25.8. The van der Waals surface area contributed by atoms with Gasteiger partial charge in [-0.25, -0.2) is 0 Å². The van der Waals surface area contributed by atoms with Crippen LogP contribution < -0.4 is 5.32 Å². The molecule has 0 saturated carbocycles. The molecule has 0 aliphatic heterocycles. The molecule has 0 aliphatic carbocycles. The topological polar surface area (TPSA) is 46.2 Å². The van der Waals surface area contributed by atoms with Crippen molar-refractivity contribution in [2.45, 2.75) is 0 Å². The highest BCUT2D eigenvalue weighted by molar-refractivity contribution is 6.16.